The van der Waals surface area contributed by atoms with Crippen LogP contribution in [0.4, 0.5) is 0 Å². The number of benzene rings is 1. The number of hydrogen-bond acceptors (Lipinski definition) is 1. The molecule has 110 valence electrons. The Labute approximate surface area is 123 Å². The molecule has 0 saturated heterocycles. The van der Waals surface area contributed by atoms with E-state index in [1.54, 1.807) is 0 Å². The lowest BCUT2D eigenvalue weighted by molar-refractivity contribution is 0.0970. The maximum Gasteiger partial charge on any atom is 0.119 e. The Morgan fingerprint density at radius 2 is 1.95 bits per heavy atom. The lowest BCUT2D eigenvalue weighted by atomic mass is 9.57. The van der Waals surface area contributed by atoms with Crippen molar-refractivity contribution in [1.82, 2.24) is 0 Å². The summed E-state index contributed by atoms with van der Waals surface area (Å²) in [6.07, 6.45) is 6.52. The first-order chi connectivity index (χ1) is 9.40. The summed E-state index contributed by atoms with van der Waals surface area (Å²) >= 11 is 0. The fourth-order valence-electron chi connectivity index (χ4n) is 4.68. The third-order valence-corrected chi connectivity index (χ3v) is 5.86. The first-order valence-corrected chi connectivity index (χ1v) is 8.26. The summed E-state index contributed by atoms with van der Waals surface area (Å²) in [5.74, 6) is 2.39. The number of phenolic OH excluding ortho intramolecular Hbond substituents is 1. The molecule has 2 atom stereocenters. The van der Waals surface area contributed by atoms with Gasteiger partial charge in [-0.3, -0.25) is 0 Å². The second-order valence-corrected chi connectivity index (χ2v) is 7.90. The number of rotatable bonds is 1. The summed E-state index contributed by atoms with van der Waals surface area (Å²) in [6, 6.07) is 4.38. The van der Waals surface area contributed by atoms with Gasteiger partial charge in [-0.25, -0.2) is 0 Å². The third-order valence-electron chi connectivity index (χ3n) is 5.86. The molecule has 0 spiro atoms. The largest absolute Gasteiger partial charge is 0.508 e. The Morgan fingerprint density at radius 3 is 2.65 bits per heavy atom. The van der Waals surface area contributed by atoms with Crippen molar-refractivity contribution in [3.63, 3.8) is 0 Å². The Balaban J connectivity index is 2.03. The molecule has 0 radical (unpaired) electrons. The first-order valence-electron chi connectivity index (χ1n) is 8.26. The summed E-state index contributed by atoms with van der Waals surface area (Å²) in [6.45, 7) is 9.21. The van der Waals surface area contributed by atoms with Crippen molar-refractivity contribution in [2.75, 3.05) is 0 Å². The van der Waals surface area contributed by atoms with Gasteiger partial charge >= 0.3 is 0 Å². The van der Waals surface area contributed by atoms with E-state index in [9.17, 15) is 5.11 Å². The van der Waals surface area contributed by atoms with Gasteiger partial charge in [-0.1, -0.05) is 40.2 Å². The van der Waals surface area contributed by atoms with Gasteiger partial charge in [0.15, 0.2) is 0 Å². The zero-order valence-corrected chi connectivity index (χ0v) is 13.4. The fraction of sp³-hybridized carbons (Fsp3) is 0.684. The lowest BCUT2D eigenvalue weighted by Crippen LogP contribution is -2.36. The van der Waals surface area contributed by atoms with Crippen LogP contribution in [0, 0.1) is 11.3 Å². The normalized spacial score (nSPS) is 28.1. The Morgan fingerprint density at radius 1 is 1.20 bits per heavy atom. The van der Waals surface area contributed by atoms with Gasteiger partial charge in [-0.2, -0.15) is 0 Å². The molecule has 2 unspecified atom stereocenters. The van der Waals surface area contributed by atoms with E-state index in [0.717, 1.165) is 11.5 Å². The highest BCUT2D eigenvalue weighted by Crippen LogP contribution is 2.54. The number of aromatic hydroxyl groups is 1. The van der Waals surface area contributed by atoms with E-state index >= 15 is 0 Å². The Hall–Kier alpha value is -0.980. The minimum Gasteiger partial charge on any atom is -0.508 e. The number of fused-ring (bicyclic) bond motifs is 3. The predicted molar refractivity (Wildman–Crippen MR) is 84.4 cm³/mol. The highest BCUT2D eigenvalue weighted by atomic mass is 16.3. The van der Waals surface area contributed by atoms with Gasteiger partial charge in [-0.05, 0) is 71.6 Å². The fourth-order valence-corrected chi connectivity index (χ4v) is 4.68. The van der Waals surface area contributed by atoms with Crippen LogP contribution >= 0.6 is 0 Å². The second-order valence-electron chi connectivity index (χ2n) is 7.90. The van der Waals surface area contributed by atoms with Gasteiger partial charge in [0.2, 0.25) is 0 Å². The Kier molecular flexibility index (Phi) is 3.35. The maximum absolute atomic E-state index is 10.4. The van der Waals surface area contributed by atoms with Gasteiger partial charge in [-0.15, -0.1) is 0 Å². The minimum absolute atomic E-state index is 0.404. The van der Waals surface area contributed by atoms with Crippen LogP contribution in [0.3, 0.4) is 0 Å². The molecule has 0 aliphatic heterocycles. The van der Waals surface area contributed by atoms with Crippen LogP contribution < -0.4 is 0 Å². The van der Waals surface area contributed by atoms with Crippen molar-refractivity contribution in [3.05, 3.63) is 28.8 Å². The van der Waals surface area contributed by atoms with Crippen LogP contribution in [0.2, 0.25) is 0 Å². The summed E-state index contributed by atoms with van der Waals surface area (Å²) in [5.41, 5.74) is 4.55. The molecule has 20 heavy (non-hydrogen) atoms. The number of aryl methyl sites for hydroxylation is 1. The standard InChI is InChI=1S/C19H28O/c1-12(2)15-10-13-7-8-17-14(16(13)11-18(15)20)6-5-9-19(17,3)4/h10-12,14,17,20H,5-9H2,1-4H3. The van der Waals surface area contributed by atoms with Gasteiger partial charge in [0.05, 0.1) is 0 Å². The van der Waals surface area contributed by atoms with E-state index in [2.05, 4.69) is 39.8 Å². The van der Waals surface area contributed by atoms with Gasteiger partial charge in [0.1, 0.15) is 5.75 Å². The zero-order valence-electron chi connectivity index (χ0n) is 13.4. The van der Waals surface area contributed by atoms with Crippen molar-refractivity contribution >= 4 is 0 Å². The average Bonchev–Trinajstić information content (AvgIpc) is 2.37. The minimum atomic E-state index is 0.404. The number of hydrogen-bond donors (Lipinski definition) is 1. The van der Waals surface area contributed by atoms with Crippen LogP contribution in [-0.2, 0) is 6.42 Å². The quantitative estimate of drug-likeness (QED) is 0.728. The summed E-state index contributed by atoms with van der Waals surface area (Å²) in [4.78, 5) is 0. The molecular formula is C19H28O. The average molecular weight is 272 g/mol. The summed E-state index contributed by atoms with van der Waals surface area (Å²) < 4.78 is 0. The molecule has 2 aliphatic rings. The van der Waals surface area contributed by atoms with Crippen molar-refractivity contribution in [3.8, 4) is 5.75 Å². The molecule has 0 bridgehead atoms. The topological polar surface area (TPSA) is 20.2 Å². The molecule has 1 N–H and O–H groups in total. The van der Waals surface area contributed by atoms with Gasteiger partial charge < -0.3 is 5.11 Å². The van der Waals surface area contributed by atoms with E-state index in [1.165, 1.54) is 43.2 Å². The molecule has 1 aromatic rings. The molecule has 1 aromatic carbocycles. The van der Waals surface area contributed by atoms with E-state index in [0.29, 0.717) is 23.0 Å². The molecule has 3 rings (SSSR count). The van der Waals surface area contributed by atoms with E-state index in [1.807, 2.05) is 0 Å². The smallest absolute Gasteiger partial charge is 0.119 e. The highest BCUT2D eigenvalue weighted by molar-refractivity contribution is 5.46. The maximum atomic E-state index is 10.4. The summed E-state index contributed by atoms with van der Waals surface area (Å²) in [5, 5.41) is 10.4. The van der Waals surface area contributed by atoms with Gasteiger partial charge in [0, 0.05) is 0 Å². The van der Waals surface area contributed by atoms with Crippen LogP contribution in [0.5, 0.6) is 5.75 Å². The van der Waals surface area contributed by atoms with E-state index < -0.39 is 0 Å². The van der Waals surface area contributed by atoms with Crippen molar-refractivity contribution < 1.29 is 5.11 Å². The van der Waals surface area contributed by atoms with Crippen LogP contribution in [0.1, 0.15) is 81.9 Å². The van der Waals surface area contributed by atoms with E-state index in [4.69, 9.17) is 0 Å². The van der Waals surface area contributed by atoms with Crippen LogP contribution in [0.25, 0.3) is 0 Å². The molecule has 1 fully saturated rings. The zero-order chi connectivity index (χ0) is 14.5. The lowest BCUT2D eigenvalue weighted by Gasteiger charge is -2.47. The second kappa shape index (κ2) is 4.79. The van der Waals surface area contributed by atoms with Crippen LogP contribution in [0.15, 0.2) is 12.1 Å². The molecule has 1 heteroatoms. The predicted octanol–water partition coefficient (Wildman–Crippen LogP) is 5.37. The van der Waals surface area contributed by atoms with Crippen LogP contribution in [-0.4, -0.2) is 5.11 Å². The highest BCUT2D eigenvalue weighted by Gasteiger charge is 2.42. The number of phenols is 1. The van der Waals surface area contributed by atoms with Crippen molar-refractivity contribution in [1.29, 1.82) is 0 Å². The van der Waals surface area contributed by atoms with Gasteiger partial charge in [0.25, 0.3) is 0 Å². The van der Waals surface area contributed by atoms with Crippen molar-refractivity contribution in [2.24, 2.45) is 11.3 Å². The molecule has 0 amide bonds. The Bertz CT molecular complexity index is 513. The molecule has 2 aliphatic carbocycles. The molecule has 1 saturated carbocycles. The van der Waals surface area contributed by atoms with E-state index in [-0.39, 0.29) is 0 Å². The van der Waals surface area contributed by atoms with Crippen molar-refractivity contribution in [2.45, 2.75) is 71.6 Å². The first kappa shape index (κ1) is 14.0. The third kappa shape index (κ3) is 2.16. The summed E-state index contributed by atoms with van der Waals surface area (Å²) in [7, 11) is 0. The molecular weight excluding hydrogens is 244 g/mol. The SMILES string of the molecule is CC(C)c1cc2c(cc1O)C1CCCC(C)(C)C1CC2. The molecule has 0 heterocycles. The molecule has 1 nitrogen and oxygen atoms in total. The monoisotopic (exact) mass is 272 g/mol. The molecule has 0 aromatic heterocycles.